The second-order valence-corrected chi connectivity index (χ2v) is 7.91. The van der Waals surface area contributed by atoms with Crippen LogP contribution < -0.4 is 0 Å². The minimum Gasteiger partial charge on any atom is -0.481 e. The summed E-state index contributed by atoms with van der Waals surface area (Å²) in [5.74, 6) is -0.951. The van der Waals surface area contributed by atoms with Crippen molar-refractivity contribution in [1.29, 1.82) is 0 Å². The van der Waals surface area contributed by atoms with Crippen LogP contribution in [0.1, 0.15) is 25.5 Å². The molecule has 1 aromatic carbocycles. The van der Waals surface area contributed by atoms with Crippen molar-refractivity contribution >= 4 is 15.8 Å². The quantitative estimate of drug-likeness (QED) is 0.918. The number of likely N-dealkylation sites (tertiary alicyclic amines) is 1. The molecule has 1 aliphatic rings. The molecule has 1 aliphatic heterocycles. The van der Waals surface area contributed by atoms with Gasteiger partial charge in [0.2, 0.25) is 0 Å². The van der Waals surface area contributed by atoms with E-state index in [4.69, 9.17) is 0 Å². The first-order valence-electron chi connectivity index (χ1n) is 6.97. The molecular weight excluding hydrogens is 290 g/mol. The Bertz CT molecular complexity index is 624. The molecule has 0 amide bonds. The Hall–Kier alpha value is -1.40. The minimum absolute atomic E-state index is 0.0745. The molecule has 1 N–H and O–H groups in total. The van der Waals surface area contributed by atoms with Crippen LogP contribution in [0.5, 0.6) is 0 Å². The number of aliphatic carboxylic acids is 1. The molecule has 116 valence electrons. The average Bonchev–Trinajstić information content (AvgIpc) is 2.79. The van der Waals surface area contributed by atoms with Crippen molar-refractivity contribution in [2.45, 2.75) is 24.8 Å². The Morgan fingerprint density at radius 1 is 1.29 bits per heavy atom. The van der Waals surface area contributed by atoms with Crippen LogP contribution >= 0.6 is 0 Å². The highest BCUT2D eigenvalue weighted by Gasteiger charge is 2.36. The summed E-state index contributed by atoms with van der Waals surface area (Å²) in [7, 11) is -3.18. The van der Waals surface area contributed by atoms with Gasteiger partial charge in [-0.25, -0.2) is 8.42 Å². The van der Waals surface area contributed by atoms with Gasteiger partial charge in [0.05, 0.1) is 10.8 Å². The second-order valence-electron chi connectivity index (χ2n) is 5.89. The zero-order chi connectivity index (χ0) is 15.8. The number of nitrogens with zero attached hydrogens (tertiary/aromatic N) is 1. The highest BCUT2D eigenvalue weighted by molar-refractivity contribution is 7.90. The Morgan fingerprint density at radius 3 is 2.29 bits per heavy atom. The number of benzene rings is 1. The van der Waals surface area contributed by atoms with E-state index in [1.54, 1.807) is 24.3 Å². The van der Waals surface area contributed by atoms with E-state index in [0.29, 0.717) is 11.4 Å². The van der Waals surface area contributed by atoms with E-state index in [2.05, 4.69) is 4.90 Å². The molecule has 1 saturated heterocycles. The van der Waals surface area contributed by atoms with Crippen LogP contribution in [0.2, 0.25) is 0 Å². The van der Waals surface area contributed by atoms with Gasteiger partial charge in [-0.15, -0.1) is 0 Å². The predicted octanol–water partition coefficient (Wildman–Crippen LogP) is 1.80. The molecule has 0 saturated carbocycles. The molecule has 0 spiro atoms. The molecule has 0 aliphatic carbocycles. The first kappa shape index (κ1) is 16.0. The highest BCUT2D eigenvalue weighted by Crippen LogP contribution is 2.31. The average molecular weight is 311 g/mol. The molecule has 0 radical (unpaired) electrons. The zero-order valence-electron chi connectivity index (χ0n) is 12.5. The molecular formula is C15H21NO4S. The van der Waals surface area contributed by atoms with Crippen LogP contribution in [0.3, 0.4) is 0 Å². The lowest BCUT2D eigenvalue weighted by Gasteiger charge is -2.24. The summed E-state index contributed by atoms with van der Waals surface area (Å²) in [6.45, 7) is 5.25. The van der Waals surface area contributed by atoms with Crippen LogP contribution in [0.4, 0.5) is 0 Å². The Morgan fingerprint density at radius 2 is 1.86 bits per heavy atom. The molecule has 21 heavy (non-hydrogen) atoms. The maximum atomic E-state index is 11.5. The molecule has 1 unspecified atom stereocenters. The molecule has 0 aromatic heterocycles. The maximum Gasteiger partial charge on any atom is 0.308 e. The van der Waals surface area contributed by atoms with Crippen LogP contribution in [-0.4, -0.2) is 43.7 Å². The third kappa shape index (κ3) is 3.44. The predicted molar refractivity (Wildman–Crippen MR) is 79.8 cm³/mol. The summed E-state index contributed by atoms with van der Waals surface area (Å²) in [4.78, 5) is 13.6. The number of carboxylic acids is 1. The van der Waals surface area contributed by atoms with Crippen molar-refractivity contribution in [2.24, 2.45) is 11.8 Å². The standard InChI is InChI=1S/C15H21NO4S/c1-10-8-16(9-14(10)15(17)18)11(2)12-4-6-13(7-5-12)21(3,19)20/h4-7,10-11,14H,8-9H2,1-3H3,(H,17,18)/t10-,11?,14-/m1/s1. The van der Waals surface area contributed by atoms with Crippen molar-refractivity contribution in [3.63, 3.8) is 0 Å². The maximum absolute atomic E-state index is 11.5. The monoisotopic (exact) mass is 311 g/mol. The van der Waals surface area contributed by atoms with Crippen molar-refractivity contribution in [1.82, 2.24) is 4.90 Å². The lowest BCUT2D eigenvalue weighted by molar-refractivity contribution is -0.142. The normalized spacial score (nSPS) is 24.9. The van der Waals surface area contributed by atoms with Crippen molar-refractivity contribution < 1.29 is 18.3 Å². The highest BCUT2D eigenvalue weighted by atomic mass is 32.2. The topological polar surface area (TPSA) is 74.7 Å². The molecule has 0 bridgehead atoms. The van der Waals surface area contributed by atoms with Crippen molar-refractivity contribution in [3.8, 4) is 0 Å². The zero-order valence-corrected chi connectivity index (χ0v) is 13.3. The summed E-state index contributed by atoms with van der Waals surface area (Å²) in [5.41, 5.74) is 1.00. The fraction of sp³-hybridized carbons (Fsp3) is 0.533. The summed E-state index contributed by atoms with van der Waals surface area (Å²) in [6.07, 6.45) is 1.19. The summed E-state index contributed by atoms with van der Waals surface area (Å²) >= 11 is 0. The van der Waals surface area contributed by atoms with E-state index in [-0.39, 0.29) is 17.9 Å². The molecule has 1 fully saturated rings. The van der Waals surface area contributed by atoms with Crippen LogP contribution in [0.25, 0.3) is 0 Å². The van der Waals surface area contributed by atoms with Crippen LogP contribution in [0, 0.1) is 11.8 Å². The van der Waals surface area contributed by atoms with E-state index >= 15 is 0 Å². The van der Waals surface area contributed by atoms with Gasteiger partial charge in [-0.05, 0) is 30.5 Å². The fourth-order valence-electron chi connectivity index (χ4n) is 2.85. The van der Waals surface area contributed by atoms with Gasteiger partial charge in [-0.1, -0.05) is 19.1 Å². The molecule has 1 heterocycles. The summed E-state index contributed by atoms with van der Waals surface area (Å²) < 4.78 is 22.9. The number of rotatable bonds is 4. The van der Waals surface area contributed by atoms with Crippen LogP contribution in [0.15, 0.2) is 29.2 Å². The number of hydrogen-bond acceptors (Lipinski definition) is 4. The fourth-order valence-corrected chi connectivity index (χ4v) is 3.48. The first-order valence-corrected chi connectivity index (χ1v) is 8.86. The van der Waals surface area contributed by atoms with E-state index < -0.39 is 15.8 Å². The summed E-state index contributed by atoms with van der Waals surface area (Å²) in [6, 6.07) is 6.90. The molecule has 2 rings (SSSR count). The molecule has 3 atom stereocenters. The van der Waals surface area contributed by atoms with Gasteiger partial charge in [0.1, 0.15) is 0 Å². The molecule has 1 aromatic rings. The largest absolute Gasteiger partial charge is 0.481 e. The lowest BCUT2D eigenvalue weighted by Crippen LogP contribution is -2.26. The van der Waals surface area contributed by atoms with Gasteiger partial charge < -0.3 is 5.11 Å². The van der Waals surface area contributed by atoms with Gasteiger partial charge in [-0.3, -0.25) is 9.69 Å². The molecule has 6 heteroatoms. The Kier molecular flexibility index (Phi) is 4.39. The van der Waals surface area contributed by atoms with Crippen molar-refractivity contribution in [2.75, 3.05) is 19.3 Å². The summed E-state index contributed by atoms with van der Waals surface area (Å²) in [5, 5.41) is 9.19. The second kappa shape index (κ2) is 5.77. The number of carboxylic acid groups (broad SMARTS) is 1. The van der Waals surface area contributed by atoms with E-state index in [0.717, 1.165) is 12.1 Å². The third-order valence-corrected chi connectivity index (χ3v) is 5.42. The van der Waals surface area contributed by atoms with E-state index in [1.807, 2.05) is 13.8 Å². The number of sulfone groups is 1. The van der Waals surface area contributed by atoms with E-state index in [1.165, 1.54) is 6.26 Å². The lowest BCUT2D eigenvalue weighted by atomic mass is 9.99. The van der Waals surface area contributed by atoms with E-state index in [9.17, 15) is 18.3 Å². The van der Waals surface area contributed by atoms with Gasteiger partial charge >= 0.3 is 5.97 Å². The van der Waals surface area contributed by atoms with Gasteiger partial charge in [0.25, 0.3) is 0 Å². The molecule has 5 nitrogen and oxygen atoms in total. The van der Waals surface area contributed by atoms with Gasteiger partial charge in [0, 0.05) is 25.4 Å². The van der Waals surface area contributed by atoms with Crippen molar-refractivity contribution in [3.05, 3.63) is 29.8 Å². The van der Waals surface area contributed by atoms with Gasteiger partial charge in [0.15, 0.2) is 9.84 Å². The van der Waals surface area contributed by atoms with Gasteiger partial charge in [-0.2, -0.15) is 0 Å². The first-order chi connectivity index (χ1) is 9.70. The number of carbonyl (C=O) groups is 1. The third-order valence-electron chi connectivity index (χ3n) is 4.30. The Labute approximate surface area is 125 Å². The smallest absolute Gasteiger partial charge is 0.308 e. The minimum atomic E-state index is -3.18. The van der Waals surface area contributed by atoms with Crippen LogP contribution in [-0.2, 0) is 14.6 Å². The number of hydrogen-bond donors (Lipinski definition) is 1. The Balaban J connectivity index is 2.14. The SMILES string of the molecule is CC(c1ccc(S(C)(=O)=O)cc1)N1C[C@@H](C)[C@H](C(=O)O)C1.